The zero-order valence-electron chi connectivity index (χ0n) is 10.7. The molecule has 0 saturated carbocycles. The number of aryl methyl sites for hydroxylation is 1. The Hall–Kier alpha value is -1.55. The number of ether oxygens (including phenoxy) is 1. The minimum Gasteiger partial charge on any atom is -0.492 e. The fourth-order valence-electron chi connectivity index (χ4n) is 2.01. The van der Waals surface area contributed by atoms with Gasteiger partial charge in [-0.2, -0.15) is 0 Å². The number of benzene rings is 1. The average molecular weight is 248 g/mol. The summed E-state index contributed by atoms with van der Waals surface area (Å²) in [6.07, 6.45) is 2.02. The lowest BCUT2D eigenvalue weighted by Gasteiger charge is -2.11. The molecule has 2 rings (SSSR count). The van der Waals surface area contributed by atoms with E-state index in [1.54, 1.807) is 0 Å². The van der Waals surface area contributed by atoms with Gasteiger partial charge in [-0.1, -0.05) is 17.7 Å². The molecule has 4 nitrogen and oxygen atoms in total. The molecule has 1 aromatic carbocycles. The molecule has 1 aliphatic rings. The van der Waals surface area contributed by atoms with Crippen LogP contribution in [0, 0.1) is 6.92 Å². The Bertz CT molecular complexity index is 383. The molecule has 0 radical (unpaired) electrons. The van der Waals surface area contributed by atoms with Crippen molar-refractivity contribution in [3.63, 3.8) is 0 Å². The van der Waals surface area contributed by atoms with E-state index in [1.165, 1.54) is 5.56 Å². The molecule has 1 atom stereocenters. The second-order valence-corrected chi connectivity index (χ2v) is 4.60. The van der Waals surface area contributed by atoms with Gasteiger partial charge in [-0.15, -0.1) is 0 Å². The topological polar surface area (TPSA) is 50.4 Å². The van der Waals surface area contributed by atoms with Crippen LogP contribution in [-0.4, -0.2) is 31.6 Å². The highest BCUT2D eigenvalue weighted by Crippen LogP contribution is 2.10. The minimum atomic E-state index is -0.00984. The third-order valence-corrected chi connectivity index (χ3v) is 3.07. The molecule has 18 heavy (non-hydrogen) atoms. The molecular formula is C14H20N2O2. The summed E-state index contributed by atoms with van der Waals surface area (Å²) in [4.78, 5) is 11.7. The van der Waals surface area contributed by atoms with E-state index in [0.29, 0.717) is 13.2 Å². The second kappa shape index (κ2) is 6.40. The van der Waals surface area contributed by atoms with Crippen molar-refractivity contribution in [3.05, 3.63) is 29.8 Å². The lowest BCUT2D eigenvalue weighted by Crippen LogP contribution is -2.41. The summed E-state index contributed by atoms with van der Waals surface area (Å²) in [5, 5.41) is 6.05. The predicted molar refractivity (Wildman–Crippen MR) is 70.7 cm³/mol. The minimum absolute atomic E-state index is 0.00984. The summed E-state index contributed by atoms with van der Waals surface area (Å²) in [5.41, 5.74) is 1.21. The van der Waals surface area contributed by atoms with Crippen LogP contribution >= 0.6 is 0 Å². The van der Waals surface area contributed by atoms with Gasteiger partial charge in [0.15, 0.2) is 0 Å². The maximum atomic E-state index is 11.7. The van der Waals surface area contributed by atoms with Gasteiger partial charge in [0.1, 0.15) is 12.4 Å². The predicted octanol–water partition coefficient (Wildman–Crippen LogP) is 1.24. The number of rotatable bonds is 5. The SMILES string of the molecule is Cc1ccc(OCCNC(=O)C2CCCN2)cc1. The fraction of sp³-hybridized carbons (Fsp3) is 0.500. The van der Waals surface area contributed by atoms with Crippen LogP contribution < -0.4 is 15.4 Å². The van der Waals surface area contributed by atoms with E-state index in [-0.39, 0.29) is 11.9 Å². The monoisotopic (exact) mass is 248 g/mol. The molecule has 1 aromatic rings. The highest BCUT2D eigenvalue weighted by Gasteiger charge is 2.21. The van der Waals surface area contributed by atoms with Crippen LogP contribution in [0.15, 0.2) is 24.3 Å². The third-order valence-electron chi connectivity index (χ3n) is 3.07. The molecule has 0 aromatic heterocycles. The molecule has 0 spiro atoms. The van der Waals surface area contributed by atoms with Gasteiger partial charge >= 0.3 is 0 Å². The van der Waals surface area contributed by atoms with E-state index in [9.17, 15) is 4.79 Å². The zero-order chi connectivity index (χ0) is 12.8. The molecule has 2 N–H and O–H groups in total. The summed E-state index contributed by atoms with van der Waals surface area (Å²) >= 11 is 0. The van der Waals surface area contributed by atoms with E-state index in [1.807, 2.05) is 31.2 Å². The van der Waals surface area contributed by atoms with E-state index < -0.39 is 0 Å². The second-order valence-electron chi connectivity index (χ2n) is 4.60. The smallest absolute Gasteiger partial charge is 0.237 e. The highest BCUT2D eigenvalue weighted by atomic mass is 16.5. The number of carbonyl (C=O) groups is 1. The molecule has 0 bridgehead atoms. The average Bonchev–Trinajstić information content (AvgIpc) is 2.90. The Labute approximate surface area is 108 Å². The molecule has 1 heterocycles. The van der Waals surface area contributed by atoms with Gasteiger partial charge in [-0.25, -0.2) is 0 Å². The number of hydrogen-bond acceptors (Lipinski definition) is 3. The van der Waals surface area contributed by atoms with Gasteiger partial charge in [0.2, 0.25) is 5.91 Å². The van der Waals surface area contributed by atoms with Crippen molar-refractivity contribution in [2.75, 3.05) is 19.7 Å². The first-order chi connectivity index (χ1) is 8.75. The van der Waals surface area contributed by atoms with Crippen LogP contribution in [0.1, 0.15) is 18.4 Å². The lowest BCUT2D eigenvalue weighted by atomic mass is 10.2. The number of nitrogens with one attached hydrogen (secondary N) is 2. The Morgan fingerprint density at radius 2 is 2.22 bits per heavy atom. The molecule has 0 aliphatic carbocycles. The zero-order valence-corrected chi connectivity index (χ0v) is 10.7. The summed E-state index contributed by atoms with van der Waals surface area (Å²) in [5.74, 6) is 0.925. The molecule has 1 unspecified atom stereocenters. The van der Waals surface area contributed by atoms with Crippen molar-refractivity contribution in [2.45, 2.75) is 25.8 Å². The highest BCUT2D eigenvalue weighted by molar-refractivity contribution is 5.81. The Balaban J connectivity index is 1.63. The quantitative estimate of drug-likeness (QED) is 0.771. The first-order valence-corrected chi connectivity index (χ1v) is 6.46. The van der Waals surface area contributed by atoms with E-state index in [4.69, 9.17) is 4.74 Å². The standard InChI is InChI=1S/C14H20N2O2/c1-11-4-6-12(7-5-11)18-10-9-16-14(17)13-3-2-8-15-13/h4-7,13,15H,2-3,8-10H2,1H3,(H,16,17). The van der Waals surface area contributed by atoms with Crippen molar-refractivity contribution >= 4 is 5.91 Å². The van der Waals surface area contributed by atoms with Crippen LogP contribution in [0.2, 0.25) is 0 Å². The van der Waals surface area contributed by atoms with Crippen molar-refractivity contribution in [1.82, 2.24) is 10.6 Å². The summed E-state index contributed by atoms with van der Waals surface area (Å²) in [6.45, 7) is 4.03. The van der Waals surface area contributed by atoms with E-state index in [2.05, 4.69) is 10.6 Å². The van der Waals surface area contributed by atoms with Crippen molar-refractivity contribution in [2.24, 2.45) is 0 Å². The first-order valence-electron chi connectivity index (χ1n) is 6.46. The maximum Gasteiger partial charge on any atom is 0.237 e. The molecule has 1 fully saturated rings. The van der Waals surface area contributed by atoms with Crippen LogP contribution in [-0.2, 0) is 4.79 Å². The van der Waals surface area contributed by atoms with Gasteiger partial charge in [-0.3, -0.25) is 4.79 Å². The van der Waals surface area contributed by atoms with Gasteiger partial charge in [0.05, 0.1) is 12.6 Å². The lowest BCUT2D eigenvalue weighted by molar-refractivity contribution is -0.122. The number of carbonyl (C=O) groups excluding carboxylic acids is 1. The third kappa shape index (κ3) is 3.74. The van der Waals surface area contributed by atoms with E-state index in [0.717, 1.165) is 25.1 Å². The Morgan fingerprint density at radius 1 is 1.44 bits per heavy atom. The van der Waals surface area contributed by atoms with Crippen molar-refractivity contribution in [3.8, 4) is 5.75 Å². The van der Waals surface area contributed by atoms with Crippen molar-refractivity contribution in [1.29, 1.82) is 0 Å². The van der Waals surface area contributed by atoms with Crippen LogP contribution in [0.5, 0.6) is 5.75 Å². The van der Waals surface area contributed by atoms with Crippen LogP contribution in [0.4, 0.5) is 0 Å². The van der Waals surface area contributed by atoms with Crippen LogP contribution in [0.3, 0.4) is 0 Å². The molecule has 1 aliphatic heterocycles. The summed E-state index contributed by atoms with van der Waals surface area (Å²) in [6, 6.07) is 7.89. The van der Waals surface area contributed by atoms with Gasteiger partial charge in [0.25, 0.3) is 0 Å². The molecule has 1 saturated heterocycles. The summed E-state index contributed by atoms with van der Waals surface area (Å²) in [7, 11) is 0. The Morgan fingerprint density at radius 3 is 2.89 bits per heavy atom. The number of hydrogen-bond donors (Lipinski definition) is 2. The van der Waals surface area contributed by atoms with E-state index >= 15 is 0 Å². The molecule has 98 valence electrons. The summed E-state index contributed by atoms with van der Waals surface area (Å²) < 4.78 is 5.54. The molecule has 1 amide bonds. The van der Waals surface area contributed by atoms with Crippen LogP contribution in [0.25, 0.3) is 0 Å². The Kier molecular flexibility index (Phi) is 4.59. The fourth-order valence-corrected chi connectivity index (χ4v) is 2.01. The van der Waals surface area contributed by atoms with Gasteiger partial charge in [0, 0.05) is 0 Å². The molecule has 4 heteroatoms. The van der Waals surface area contributed by atoms with Gasteiger partial charge < -0.3 is 15.4 Å². The van der Waals surface area contributed by atoms with Gasteiger partial charge in [-0.05, 0) is 38.4 Å². The molecular weight excluding hydrogens is 228 g/mol. The number of amides is 1. The first kappa shape index (κ1) is 12.9. The maximum absolute atomic E-state index is 11.7. The largest absolute Gasteiger partial charge is 0.492 e. The van der Waals surface area contributed by atoms with Crippen molar-refractivity contribution < 1.29 is 9.53 Å². The normalized spacial score (nSPS) is 18.6.